The van der Waals surface area contributed by atoms with Crippen molar-refractivity contribution in [2.75, 3.05) is 39.6 Å². The Labute approximate surface area is 118 Å². The average molecular weight is 288 g/mol. The Kier molecular flexibility index (Phi) is 12.1. The maximum Gasteiger partial charge on any atom is 0.508 e. The van der Waals surface area contributed by atoms with Gasteiger partial charge in [0.25, 0.3) is 0 Å². The number of ether oxygens (including phenoxy) is 5. The summed E-state index contributed by atoms with van der Waals surface area (Å²) >= 11 is 0. The monoisotopic (exact) mass is 288 g/mol. The lowest BCUT2D eigenvalue weighted by molar-refractivity contribution is 0.0239. The number of hydrogen-bond acceptors (Lipinski definition) is 7. The van der Waals surface area contributed by atoms with E-state index in [1.165, 1.54) is 12.2 Å². The molecule has 0 rings (SSSR count). The molecule has 114 valence electrons. The van der Waals surface area contributed by atoms with E-state index in [4.69, 9.17) is 9.47 Å². The zero-order chi connectivity index (χ0) is 15.1. The molecule has 0 N–H and O–H groups in total. The van der Waals surface area contributed by atoms with Crippen LogP contribution >= 0.6 is 0 Å². The van der Waals surface area contributed by atoms with E-state index < -0.39 is 12.3 Å². The zero-order valence-electron chi connectivity index (χ0n) is 11.4. The van der Waals surface area contributed by atoms with Crippen LogP contribution in [0.15, 0.2) is 25.3 Å². The van der Waals surface area contributed by atoms with E-state index in [0.29, 0.717) is 13.0 Å². The summed E-state index contributed by atoms with van der Waals surface area (Å²) in [7, 11) is 0. The molecule has 0 unspecified atom stereocenters. The third kappa shape index (κ3) is 12.4. The van der Waals surface area contributed by atoms with E-state index in [9.17, 15) is 9.59 Å². The van der Waals surface area contributed by atoms with Crippen molar-refractivity contribution in [1.29, 1.82) is 0 Å². The fourth-order valence-electron chi connectivity index (χ4n) is 0.940. The van der Waals surface area contributed by atoms with Gasteiger partial charge in [-0.2, -0.15) is 0 Å². The van der Waals surface area contributed by atoms with Gasteiger partial charge in [-0.3, -0.25) is 0 Å². The highest BCUT2D eigenvalue weighted by atomic mass is 16.7. The Bertz CT molecular complexity index is 271. The molecule has 0 amide bonds. The predicted octanol–water partition coefficient (Wildman–Crippen LogP) is 2.07. The number of carbonyl (C=O) groups is 2. The van der Waals surface area contributed by atoms with E-state index >= 15 is 0 Å². The minimum absolute atomic E-state index is 0.0954. The van der Waals surface area contributed by atoms with Gasteiger partial charge in [0.05, 0.1) is 13.2 Å². The Morgan fingerprint density at radius 3 is 1.85 bits per heavy atom. The standard InChI is InChI=1S/C13H20O7/c1-3-6-17-12(14)19-9-5-8-16-10-11-20-13(15)18-7-4-2/h3-4H,1-2,5-11H2. The molecule has 7 nitrogen and oxygen atoms in total. The highest BCUT2D eigenvalue weighted by Gasteiger charge is 2.03. The van der Waals surface area contributed by atoms with Crippen LogP contribution in [0.1, 0.15) is 6.42 Å². The van der Waals surface area contributed by atoms with Gasteiger partial charge < -0.3 is 23.7 Å². The molecule has 0 bridgehead atoms. The summed E-state index contributed by atoms with van der Waals surface area (Å²) in [6, 6.07) is 0. The molecular weight excluding hydrogens is 268 g/mol. The fraction of sp³-hybridized carbons (Fsp3) is 0.538. The van der Waals surface area contributed by atoms with Crippen LogP contribution in [0, 0.1) is 0 Å². The Morgan fingerprint density at radius 1 is 0.750 bits per heavy atom. The molecule has 0 saturated carbocycles. The molecule has 0 aliphatic heterocycles. The molecule has 0 spiro atoms. The van der Waals surface area contributed by atoms with Crippen LogP contribution in [0.25, 0.3) is 0 Å². The number of hydrogen-bond donors (Lipinski definition) is 0. The van der Waals surface area contributed by atoms with E-state index in [2.05, 4.69) is 27.4 Å². The number of rotatable bonds is 11. The van der Waals surface area contributed by atoms with Crippen LogP contribution in [0.3, 0.4) is 0 Å². The molecule has 0 aliphatic rings. The highest BCUT2D eigenvalue weighted by Crippen LogP contribution is 1.91. The molecule has 0 aliphatic carbocycles. The Balaban J connectivity index is 3.24. The molecule has 0 heterocycles. The Morgan fingerprint density at radius 2 is 1.30 bits per heavy atom. The molecule has 0 fully saturated rings. The summed E-state index contributed by atoms with van der Waals surface area (Å²) in [6.45, 7) is 7.92. The van der Waals surface area contributed by atoms with Gasteiger partial charge in [-0.1, -0.05) is 25.3 Å². The summed E-state index contributed by atoms with van der Waals surface area (Å²) in [5.41, 5.74) is 0. The van der Waals surface area contributed by atoms with Gasteiger partial charge in [0.1, 0.15) is 19.8 Å². The van der Waals surface area contributed by atoms with Crippen LogP contribution in [-0.2, 0) is 23.7 Å². The Hall–Kier alpha value is -2.02. The van der Waals surface area contributed by atoms with Gasteiger partial charge >= 0.3 is 12.3 Å². The quantitative estimate of drug-likeness (QED) is 0.327. The van der Waals surface area contributed by atoms with E-state index in [-0.39, 0.29) is 33.0 Å². The zero-order valence-corrected chi connectivity index (χ0v) is 11.4. The molecule has 0 aromatic carbocycles. The number of carbonyl (C=O) groups excluding carboxylic acids is 2. The largest absolute Gasteiger partial charge is 0.508 e. The van der Waals surface area contributed by atoms with Gasteiger partial charge in [-0.25, -0.2) is 9.59 Å². The minimum atomic E-state index is -0.762. The van der Waals surface area contributed by atoms with Crippen molar-refractivity contribution in [1.82, 2.24) is 0 Å². The van der Waals surface area contributed by atoms with Crippen molar-refractivity contribution in [2.24, 2.45) is 0 Å². The first-order chi connectivity index (χ1) is 9.70. The lowest BCUT2D eigenvalue weighted by Crippen LogP contribution is -2.13. The van der Waals surface area contributed by atoms with Crippen molar-refractivity contribution in [3.8, 4) is 0 Å². The first kappa shape index (κ1) is 18.0. The normalized spacial score (nSPS) is 9.40. The van der Waals surface area contributed by atoms with Crippen molar-refractivity contribution >= 4 is 12.3 Å². The van der Waals surface area contributed by atoms with Gasteiger partial charge in [0, 0.05) is 13.0 Å². The third-order valence-electron chi connectivity index (χ3n) is 1.74. The maximum absolute atomic E-state index is 10.9. The van der Waals surface area contributed by atoms with Crippen LogP contribution in [-0.4, -0.2) is 52.0 Å². The first-order valence-corrected chi connectivity index (χ1v) is 6.09. The molecule has 0 radical (unpaired) electrons. The molecule has 0 saturated heterocycles. The van der Waals surface area contributed by atoms with Crippen LogP contribution in [0.5, 0.6) is 0 Å². The molecule has 7 heteroatoms. The summed E-state index contributed by atoms with van der Waals surface area (Å²) in [5.74, 6) is 0. The molecule has 20 heavy (non-hydrogen) atoms. The van der Waals surface area contributed by atoms with Gasteiger partial charge in [-0.15, -0.1) is 0 Å². The van der Waals surface area contributed by atoms with Crippen LogP contribution in [0.2, 0.25) is 0 Å². The summed E-state index contributed by atoms with van der Waals surface area (Å²) in [4.78, 5) is 21.8. The maximum atomic E-state index is 10.9. The summed E-state index contributed by atoms with van der Waals surface area (Å²) < 4.78 is 23.7. The second-order valence-corrected chi connectivity index (χ2v) is 3.36. The van der Waals surface area contributed by atoms with E-state index in [1.807, 2.05) is 0 Å². The van der Waals surface area contributed by atoms with Crippen molar-refractivity contribution in [3.05, 3.63) is 25.3 Å². The second kappa shape index (κ2) is 13.4. The van der Waals surface area contributed by atoms with Gasteiger partial charge in [-0.05, 0) is 0 Å². The molecule has 0 aromatic heterocycles. The fourth-order valence-corrected chi connectivity index (χ4v) is 0.940. The van der Waals surface area contributed by atoms with E-state index in [0.717, 1.165) is 0 Å². The van der Waals surface area contributed by atoms with Crippen LogP contribution < -0.4 is 0 Å². The first-order valence-electron chi connectivity index (χ1n) is 6.09. The van der Waals surface area contributed by atoms with Gasteiger partial charge in [0.2, 0.25) is 0 Å². The topological polar surface area (TPSA) is 80.3 Å². The molecular formula is C13H20O7. The molecule has 0 aromatic rings. The smallest absolute Gasteiger partial charge is 0.434 e. The predicted molar refractivity (Wildman–Crippen MR) is 70.4 cm³/mol. The minimum Gasteiger partial charge on any atom is -0.434 e. The highest BCUT2D eigenvalue weighted by molar-refractivity contribution is 5.60. The van der Waals surface area contributed by atoms with Crippen molar-refractivity contribution < 1.29 is 33.3 Å². The van der Waals surface area contributed by atoms with Crippen molar-refractivity contribution in [2.45, 2.75) is 6.42 Å². The van der Waals surface area contributed by atoms with E-state index in [1.54, 1.807) is 0 Å². The summed E-state index contributed by atoms with van der Waals surface area (Å²) in [5, 5.41) is 0. The van der Waals surface area contributed by atoms with Crippen LogP contribution in [0.4, 0.5) is 9.59 Å². The average Bonchev–Trinajstić information content (AvgIpc) is 2.45. The second-order valence-electron chi connectivity index (χ2n) is 3.36. The van der Waals surface area contributed by atoms with Crippen molar-refractivity contribution in [3.63, 3.8) is 0 Å². The third-order valence-corrected chi connectivity index (χ3v) is 1.74. The molecule has 0 atom stereocenters. The lowest BCUT2D eigenvalue weighted by Gasteiger charge is -2.06. The lowest BCUT2D eigenvalue weighted by atomic mass is 10.5. The summed E-state index contributed by atoms with van der Waals surface area (Å²) in [6.07, 6.45) is 1.91. The van der Waals surface area contributed by atoms with Gasteiger partial charge in [0.15, 0.2) is 0 Å². The SMILES string of the molecule is C=CCOC(=O)OCCCOCCOC(=O)OCC=C.